The van der Waals surface area contributed by atoms with Gasteiger partial charge in [0.15, 0.2) is 0 Å². The topological polar surface area (TPSA) is 9.23 Å². The summed E-state index contributed by atoms with van der Waals surface area (Å²) >= 11 is 8.94. The standard InChI is InChI=1S/C11H12BrClO/c1-9(6-13)7-14-8-10-2-4-11(12)5-3-10/h2-5H,1,6-8H2. The average Bonchev–Trinajstić information content (AvgIpc) is 2.21. The van der Waals surface area contributed by atoms with Crippen LogP contribution in [0.5, 0.6) is 0 Å². The molecule has 1 nitrogen and oxygen atoms in total. The summed E-state index contributed by atoms with van der Waals surface area (Å²) in [6, 6.07) is 8.03. The molecule has 3 heteroatoms. The second kappa shape index (κ2) is 6.23. The van der Waals surface area contributed by atoms with Gasteiger partial charge in [-0.25, -0.2) is 0 Å². The SMILES string of the molecule is C=C(CCl)COCc1ccc(Br)cc1. The lowest BCUT2D eigenvalue weighted by Crippen LogP contribution is -1.98. The Morgan fingerprint density at radius 1 is 1.36 bits per heavy atom. The van der Waals surface area contributed by atoms with E-state index in [-0.39, 0.29) is 0 Å². The van der Waals surface area contributed by atoms with Gasteiger partial charge in [-0.2, -0.15) is 0 Å². The third-order valence-corrected chi connectivity index (χ3v) is 2.58. The van der Waals surface area contributed by atoms with Crippen LogP contribution in [0.3, 0.4) is 0 Å². The molecule has 0 radical (unpaired) electrons. The Labute approximate surface area is 97.9 Å². The van der Waals surface area contributed by atoms with Gasteiger partial charge < -0.3 is 4.74 Å². The highest BCUT2D eigenvalue weighted by atomic mass is 79.9. The first kappa shape index (κ1) is 11.8. The molecule has 0 unspecified atom stereocenters. The molecule has 0 fully saturated rings. The van der Waals surface area contributed by atoms with Crippen molar-refractivity contribution in [1.82, 2.24) is 0 Å². The maximum absolute atomic E-state index is 5.57. The van der Waals surface area contributed by atoms with E-state index in [9.17, 15) is 0 Å². The van der Waals surface area contributed by atoms with E-state index >= 15 is 0 Å². The molecule has 1 aromatic rings. The van der Waals surface area contributed by atoms with Gasteiger partial charge in [0.05, 0.1) is 13.2 Å². The van der Waals surface area contributed by atoms with Crippen LogP contribution in [0.25, 0.3) is 0 Å². The summed E-state index contributed by atoms with van der Waals surface area (Å²) in [6.07, 6.45) is 0. The first-order valence-corrected chi connectivity index (χ1v) is 5.60. The first-order chi connectivity index (χ1) is 6.72. The second-order valence-corrected chi connectivity index (χ2v) is 4.19. The molecule has 0 aromatic heterocycles. The Kier molecular flexibility index (Phi) is 5.23. The van der Waals surface area contributed by atoms with Crippen molar-refractivity contribution in [3.05, 3.63) is 46.5 Å². The molecule has 0 saturated heterocycles. The van der Waals surface area contributed by atoms with E-state index in [1.807, 2.05) is 24.3 Å². The van der Waals surface area contributed by atoms with Gasteiger partial charge in [-0.1, -0.05) is 34.6 Å². The van der Waals surface area contributed by atoms with Gasteiger partial charge in [0.1, 0.15) is 0 Å². The quantitative estimate of drug-likeness (QED) is 0.587. The van der Waals surface area contributed by atoms with Crippen molar-refractivity contribution in [2.75, 3.05) is 12.5 Å². The summed E-state index contributed by atoms with van der Waals surface area (Å²) < 4.78 is 6.49. The van der Waals surface area contributed by atoms with E-state index in [0.717, 1.165) is 15.6 Å². The molecule has 1 aromatic carbocycles. The maximum atomic E-state index is 5.57. The van der Waals surface area contributed by atoms with Gasteiger partial charge in [-0.15, -0.1) is 11.6 Å². The lowest BCUT2D eigenvalue weighted by atomic mass is 10.2. The van der Waals surface area contributed by atoms with Crippen LogP contribution >= 0.6 is 27.5 Å². The monoisotopic (exact) mass is 274 g/mol. The Bertz CT molecular complexity index is 295. The first-order valence-electron chi connectivity index (χ1n) is 4.27. The zero-order valence-electron chi connectivity index (χ0n) is 7.80. The highest BCUT2D eigenvalue weighted by Gasteiger charge is 1.95. The van der Waals surface area contributed by atoms with E-state index < -0.39 is 0 Å². The maximum Gasteiger partial charge on any atom is 0.0721 e. The molecule has 0 N–H and O–H groups in total. The van der Waals surface area contributed by atoms with E-state index in [1.165, 1.54) is 0 Å². The van der Waals surface area contributed by atoms with Crippen molar-refractivity contribution in [2.45, 2.75) is 6.61 Å². The highest BCUT2D eigenvalue weighted by Crippen LogP contribution is 2.11. The fourth-order valence-corrected chi connectivity index (χ4v) is 1.27. The summed E-state index contributed by atoms with van der Waals surface area (Å²) in [7, 11) is 0. The third-order valence-electron chi connectivity index (χ3n) is 1.68. The van der Waals surface area contributed by atoms with E-state index in [4.69, 9.17) is 16.3 Å². The molecule has 0 aliphatic rings. The largest absolute Gasteiger partial charge is 0.372 e. The molecular weight excluding hydrogens is 263 g/mol. The van der Waals surface area contributed by atoms with Crippen molar-refractivity contribution < 1.29 is 4.74 Å². The van der Waals surface area contributed by atoms with Crippen LogP contribution in [0.2, 0.25) is 0 Å². The fraction of sp³-hybridized carbons (Fsp3) is 0.273. The molecule has 0 saturated carbocycles. The van der Waals surface area contributed by atoms with Crippen molar-refractivity contribution in [2.24, 2.45) is 0 Å². The summed E-state index contributed by atoms with van der Waals surface area (Å²) in [5.41, 5.74) is 2.05. The van der Waals surface area contributed by atoms with Crippen LogP contribution < -0.4 is 0 Å². The number of hydrogen-bond donors (Lipinski definition) is 0. The average molecular weight is 276 g/mol. The predicted octanol–water partition coefficient (Wildman–Crippen LogP) is 3.76. The van der Waals surface area contributed by atoms with Gasteiger partial charge in [0.2, 0.25) is 0 Å². The van der Waals surface area contributed by atoms with Crippen molar-refractivity contribution in [3.63, 3.8) is 0 Å². The second-order valence-electron chi connectivity index (χ2n) is 3.00. The third kappa shape index (κ3) is 4.27. The zero-order chi connectivity index (χ0) is 10.4. The van der Waals surface area contributed by atoms with Crippen LogP contribution in [-0.4, -0.2) is 12.5 Å². The molecule has 0 atom stereocenters. The lowest BCUT2D eigenvalue weighted by Gasteiger charge is -2.04. The molecule has 0 heterocycles. The van der Waals surface area contributed by atoms with E-state index in [2.05, 4.69) is 22.5 Å². The van der Waals surface area contributed by atoms with E-state index in [0.29, 0.717) is 19.1 Å². The Morgan fingerprint density at radius 3 is 2.57 bits per heavy atom. The molecule has 0 aliphatic heterocycles. The van der Waals surface area contributed by atoms with Gasteiger partial charge in [-0.05, 0) is 23.3 Å². The normalized spacial score (nSPS) is 10.1. The van der Waals surface area contributed by atoms with Gasteiger partial charge in [0, 0.05) is 10.4 Å². The molecule has 0 spiro atoms. The van der Waals surface area contributed by atoms with Crippen molar-refractivity contribution in [3.8, 4) is 0 Å². The Morgan fingerprint density at radius 2 is 2.00 bits per heavy atom. The van der Waals surface area contributed by atoms with Crippen molar-refractivity contribution in [1.29, 1.82) is 0 Å². The van der Waals surface area contributed by atoms with Gasteiger partial charge in [0.25, 0.3) is 0 Å². The molecular formula is C11H12BrClO. The smallest absolute Gasteiger partial charge is 0.0721 e. The van der Waals surface area contributed by atoms with Crippen LogP contribution in [0.15, 0.2) is 40.9 Å². The molecule has 1 rings (SSSR count). The van der Waals surface area contributed by atoms with Crippen LogP contribution in [0, 0.1) is 0 Å². The molecule has 0 aliphatic carbocycles. The van der Waals surface area contributed by atoms with Crippen LogP contribution in [0.4, 0.5) is 0 Å². The van der Waals surface area contributed by atoms with Crippen LogP contribution in [0.1, 0.15) is 5.56 Å². The van der Waals surface area contributed by atoms with Gasteiger partial charge in [-0.3, -0.25) is 0 Å². The Balaban J connectivity index is 2.31. The number of halogens is 2. The number of ether oxygens (including phenoxy) is 1. The minimum atomic E-state index is 0.459. The number of benzene rings is 1. The molecule has 0 amide bonds. The number of alkyl halides is 1. The zero-order valence-corrected chi connectivity index (χ0v) is 10.1. The summed E-state index contributed by atoms with van der Waals surface area (Å²) in [5.74, 6) is 0.459. The summed E-state index contributed by atoms with van der Waals surface area (Å²) in [5, 5.41) is 0. The van der Waals surface area contributed by atoms with Gasteiger partial charge >= 0.3 is 0 Å². The number of hydrogen-bond acceptors (Lipinski definition) is 1. The Hall–Kier alpha value is -0.310. The van der Waals surface area contributed by atoms with Crippen LogP contribution in [-0.2, 0) is 11.3 Å². The molecule has 14 heavy (non-hydrogen) atoms. The lowest BCUT2D eigenvalue weighted by molar-refractivity contribution is 0.143. The van der Waals surface area contributed by atoms with E-state index in [1.54, 1.807) is 0 Å². The summed E-state index contributed by atoms with van der Waals surface area (Å²) in [4.78, 5) is 0. The molecule has 76 valence electrons. The molecule has 0 bridgehead atoms. The fourth-order valence-electron chi connectivity index (χ4n) is 0.932. The number of rotatable bonds is 5. The predicted molar refractivity (Wildman–Crippen MR) is 63.7 cm³/mol. The summed E-state index contributed by atoms with van der Waals surface area (Å²) in [6.45, 7) is 4.88. The van der Waals surface area contributed by atoms with Crippen molar-refractivity contribution >= 4 is 27.5 Å². The minimum absolute atomic E-state index is 0.459. The highest BCUT2D eigenvalue weighted by molar-refractivity contribution is 9.10. The minimum Gasteiger partial charge on any atom is -0.372 e.